The van der Waals surface area contributed by atoms with Crippen molar-refractivity contribution in [3.8, 4) is 17.2 Å². The van der Waals surface area contributed by atoms with E-state index in [1.54, 1.807) is 0 Å². The lowest BCUT2D eigenvalue weighted by atomic mass is 10.2. The molecule has 25 heavy (non-hydrogen) atoms. The number of anilines is 1. The molecule has 134 valence electrons. The molecule has 0 bridgehead atoms. The van der Waals surface area contributed by atoms with E-state index < -0.39 is 29.1 Å². The number of methoxy groups -OCH3 is 1. The summed E-state index contributed by atoms with van der Waals surface area (Å²) in [6.07, 6.45) is -4.89. The second kappa shape index (κ2) is 7.09. The molecule has 0 saturated carbocycles. The number of thiocarbonyl (C=S) groups is 1. The third-order valence-electron chi connectivity index (χ3n) is 2.97. The Bertz CT molecular complexity index is 788. The number of halogens is 5. The summed E-state index contributed by atoms with van der Waals surface area (Å²) >= 11 is 4.67. The Balaban J connectivity index is 2.43. The van der Waals surface area contributed by atoms with Crippen molar-refractivity contribution in [3.63, 3.8) is 0 Å². The van der Waals surface area contributed by atoms with Gasteiger partial charge in [0.1, 0.15) is 0 Å². The molecule has 0 atom stereocenters. The number of alkyl halides is 3. The summed E-state index contributed by atoms with van der Waals surface area (Å²) < 4.78 is 75.6. The topological polar surface area (TPSA) is 56.5 Å². The summed E-state index contributed by atoms with van der Waals surface area (Å²) in [5, 5.41) is 2.51. The first kappa shape index (κ1) is 18.7. The first-order valence-electron chi connectivity index (χ1n) is 6.60. The van der Waals surface area contributed by atoms with E-state index in [2.05, 4.69) is 17.5 Å². The number of nitrogens with two attached hydrogens (primary N) is 1. The molecule has 0 aliphatic carbocycles. The molecule has 0 radical (unpaired) electrons. The zero-order chi connectivity index (χ0) is 18.8. The van der Waals surface area contributed by atoms with Gasteiger partial charge < -0.3 is 20.5 Å². The molecule has 0 spiro atoms. The Morgan fingerprint density at radius 2 is 1.68 bits per heavy atom. The van der Waals surface area contributed by atoms with Crippen molar-refractivity contribution in [1.82, 2.24) is 0 Å². The monoisotopic (exact) mass is 378 g/mol. The number of ether oxygens (including phenoxy) is 2. The average molecular weight is 378 g/mol. The first-order valence-corrected chi connectivity index (χ1v) is 7.01. The van der Waals surface area contributed by atoms with Gasteiger partial charge in [0.05, 0.1) is 12.7 Å². The Morgan fingerprint density at radius 3 is 2.16 bits per heavy atom. The Hall–Kier alpha value is -2.62. The summed E-state index contributed by atoms with van der Waals surface area (Å²) in [5.74, 6) is -4.09. The molecule has 0 aromatic heterocycles. The van der Waals surface area contributed by atoms with Crippen molar-refractivity contribution in [3.05, 3.63) is 47.5 Å². The van der Waals surface area contributed by atoms with Crippen molar-refractivity contribution in [2.45, 2.75) is 6.18 Å². The number of rotatable bonds is 4. The highest BCUT2D eigenvalue weighted by Crippen LogP contribution is 2.38. The minimum atomic E-state index is -4.89. The van der Waals surface area contributed by atoms with Crippen LogP contribution in [-0.2, 0) is 6.18 Å². The standard InChI is InChI=1S/C15H11F5N2O2S/c1-23-11-3-2-8(22-14(21)25)6-12(11)24-13-9(16)4-7(5-10(13)17)15(18,19)20/h2-6H,1H3,(H3,21,22,25). The largest absolute Gasteiger partial charge is 0.493 e. The van der Waals surface area contributed by atoms with Gasteiger partial charge in [-0.25, -0.2) is 8.78 Å². The van der Waals surface area contributed by atoms with Crippen LogP contribution in [0.1, 0.15) is 5.56 Å². The van der Waals surface area contributed by atoms with Gasteiger partial charge in [0.15, 0.2) is 34.0 Å². The lowest BCUT2D eigenvalue weighted by Crippen LogP contribution is -2.18. The molecule has 4 nitrogen and oxygen atoms in total. The molecule has 3 N–H and O–H groups in total. The van der Waals surface area contributed by atoms with Gasteiger partial charge >= 0.3 is 6.18 Å². The van der Waals surface area contributed by atoms with Crippen molar-refractivity contribution in [1.29, 1.82) is 0 Å². The molecular weight excluding hydrogens is 367 g/mol. The maximum Gasteiger partial charge on any atom is 0.416 e. The van der Waals surface area contributed by atoms with Crippen molar-refractivity contribution < 1.29 is 31.4 Å². The maximum atomic E-state index is 13.9. The Kier molecular flexibility index (Phi) is 5.31. The van der Waals surface area contributed by atoms with Gasteiger partial charge in [0.25, 0.3) is 0 Å². The predicted octanol–water partition coefficient (Wildman–Crippen LogP) is 4.44. The highest BCUT2D eigenvalue weighted by molar-refractivity contribution is 7.80. The lowest BCUT2D eigenvalue weighted by molar-refractivity contribution is -0.138. The normalized spacial score (nSPS) is 11.1. The molecule has 0 amide bonds. The zero-order valence-electron chi connectivity index (χ0n) is 12.6. The highest BCUT2D eigenvalue weighted by atomic mass is 32.1. The van der Waals surface area contributed by atoms with E-state index in [1.165, 1.54) is 25.3 Å². The van der Waals surface area contributed by atoms with Gasteiger partial charge in [-0.15, -0.1) is 0 Å². The van der Waals surface area contributed by atoms with Crippen LogP contribution in [-0.4, -0.2) is 12.2 Å². The zero-order valence-corrected chi connectivity index (χ0v) is 13.4. The minimum absolute atomic E-state index is 0.0667. The van der Waals surface area contributed by atoms with E-state index in [1.807, 2.05) is 0 Å². The van der Waals surface area contributed by atoms with Gasteiger partial charge in [-0.3, -0.25) is 0 Å². The third-order valence-corrected chi connectivity index (χ3v) is 3.07. The summed E-state index contributed by atoms with van der Waals surface area (Å²) in [5.41, 5.74) is 4.19. The van der Waals surface area contributed by atoms with Crippen LogP contribution in [0.2, 0.25) is 0 Å². The molecule has 2 aromatic rings. The molecule has 10 heteroatoms. The van der Waals surface area contributed by atoms with Crippen LogP contribution in [0.4, 0.5) is 27.6 Å². The third kappa shape index (κ3) is 4.47. The van der Waals surface area contributed by atoms with Gasteiger partial charge in [-0.05, 0) is 36.5 Å². The molecular formula is C15H11F5N2O2S. The predicted molar refractivity (Wildman–Crippen MR) is 84.8 cm³/mol. The Labute approximate surface area is 144 Å². The second-order valence-corrected chi connectivity index (χ2v) is 5.16. The fourth-order valence-corrected chi connectivity index (χ4v) is 2.03. The van der Waals surface area contributed by atoms with Crippen LogP contribution in [0, 0.1) is 11.6 Å². The van der Waals surface area contributed by atoms with Gasteiger partial charge in [-0.2, -0.15) is 13.2 Å². The summed E-state index contributed by atoms with van der Waals surface area (Å²) in [7, 11) is 1.28. The van der Waals surface area contributed by atoms with Crippen LogP contribution in [0.15, 0.2) is 30.3 Å². The van der Waals surface area contributed by atoms with Crippen molar-refractivity contribution >= 4 is 23.0 Å². The van der Waals surface area contributed by atoms with Gasteiger partial charge in [0.2, 0.25) is 0 Å². The smallest absolute Gasteiger partial charge is 0.416 e. The fourth-order valence-electron chi connectivity index (χ4n) is 1.91. The van der Waals surface area contributed by atoms with E-state index in [0.717, 1.165) is 0 Å². The number of benzene rings is 2. The fraction of sp³-hybridized carbons (Fsp3) is 0.133. The maximum absolute atomic E-state index is 13.9. The number of nitrogens with one attached hydrogen (secondary N) is 1. The summed E-state index contributed by atoms with van der Waals surface area (Å²) in [6.45, 7) is 0. The molecule has 0 fully saturated rings. The SMILES string of the molecule is COc1ccc(NC(N)=S)cc1Oc1c(F)cc(C(F)(F)F)cc1F. The van der Waals surface area contributed by atoms with E-state index in [4.69, 9.17) is 15.2 Å². The van der Waals surface area contributed by atoms with Crippen molar-refractivity contribution in [2.24, 2.45) is 5.73 Å². The van der Waals surface area contributed by atoms with Gasteiger partial charge in [-0.1, -0.05) is 0 Å². The molecule has 0 saturated heterocycles. The second-order valence-electron chi connectivity index (χ2n) is 4.72. The molecule has 0 heterocycles. The van der Waals surface area contributed by atoms with Gasteiger partial charge in [0, 0.05) is 11.8 Å². The highest BCUT2D eigenvalue weighted by Gasteiger charge is 2.33. The number of hydrogen-bond acceptors (Lipinski definition) is 3. The van der Waals surface area contributed by atoms with E-state index in [-0.39, 0.29) is 28.7 Å². The molecule has 0 aliphatic heterocycles. The summed E-state index contributed by atoms with van der Waals surface area (Å²) in [4.78, 5) is 0. The van der Waals surface area contributed by atoms with E-state index in [9.17, 15) is 22.0 Å². The quantitative estimate of drug-likeness (QED) is 0.609. The Morgan fingerprint density at radius 1 is 1.08 bits per heavy atom. The van der Waals surface area contributed by atoms with Crippen LogP contribution in [0.5, 0.6) is 17.2 Å². The van der Waals surface area contributed by atoms with Crippen LogP contribution < -0.4 is 20.5 Å². The molecule has 0 unspecified atom stereocenters. The van der Waals surface area contributed by atoms with E-state index >= 15 is 0 Å². The minimum Gasteiger partial charge on any atom is -0.493 e. The lowest BCUT2D eigenvalue weighted by Gasteiger charge is -2.15. The summed E-state index contributed by atoms with van der Waals surface area (Å²) in [6, 6.07) is 4.46. The molecule has 2 aromatic carbocycles. The average Bonchev–Trinajstić information content (AvgIpc) is 2.49. The first-order chi connectivity index (χ1) is 11.6. The van der Waals surface area contributed by atoms with E-state index in [0.29, 0.717) is 5.69 Å². The molecule has 2 rings (SSSR count). The van der Waals surface area contributed by atoms with Crippen molar-refractivity contribution in [2.75, 3.05) is 12.4 Å². The molecule has 0 aliphatic rings. The van der Waals surface area contributed by atoms with Crippen LogP contribution in [0.3, 0.4) is 0 Å². The van der Waals surface area contributed by atoms with Crippen LogP contribution in [0.25, 0.3) is 0 Å². The number of hydrogen-bond donors (Lipinski definition) is 2. The van der Waals surface area contributed by atoms with Crippen LogP contribution >= 0.6 is 12.2 Å².